The number of allylic oxidation sites excluding steroid dienone is 1. The van der Waals surface area contributed by atoms with Crippen LogP contribution in [0.15, 0.2) is 11.6 Å². The fourth-order valence-electron chi connectivity index (χ4n) is 8.19. The van der Waals surface area contributed by atoms with Gasteiger partial charge in [0.25, 0.3) is 0 Å². The highest BCUT2D eigenvalue weighted by molar-refractivity contribution is 5.91. The van der Waals surface area contributed by atoms with Gasteiger partial charge >= 0.3 is 0 Å². The summed E-state index contributed by atoms with van der Waals surface area (Å²) < 4.78 is 0. The maximum atomic E-state index is 12.0. The first kappa shape index (κ1) is 17.8. The van der Waals surface area contributed by atoms with E-state index in [0.717, 1.165) is 42.4 Å². The average Bonchev–Trinajstić information content (AvgIpc) is 2.93. The van der Waals surface area contributed by atoms with Crippen molar-refractivity contribution in [2.75, 3.05) is 0 Å². The SMILES string of the molecule is CCCC(C)[C@H]1CCC2C3CCC4=CC(=O)CC[C@]4(C)C3CC[C@@]21C. The molecule has 4 rings (SSSR count). The van der Waals surface area contributed by atoms with E-state index in [-0.39, 0.29) is 0 Å². The summed E-state index contributed by atoms with van der Waals surface area (Å²) in [4.78, 5) is 12.0. The third-order valence-electron chi connectivity index (χ3n) is 9.47. The zero-order valence-electron chi connectivity index (χ0n) is 16.9. The van der Waals surface area contributed by atoms with E-state index >= 15 is 0 Å². The van der Waals surface area contributed by atoms with Crippen molar-refractivity contribution in [3.05, 3.63) is 11.6 Å². The average molecular weight is 343 g/mol. The molecule has 4 aliphatic carbocycles. The first-order chi connectivity index (χ1) is 11.9. The Morgan fingerprint density at radius 1 is 1.08 bits per heavy atom. The largest absolute Gasteiger partial charge is 0.295 e. The molecule has 0 spiro atoms. The Kier molecular flexibility index (Phi) is 4.44. The van der Waals surface area contributed by atoms with E-state index in [2.05, 4.69) is 27.7 Å². The van der Waals surface area contributed by atoms with Crippen molar-refractivity contribution in [2.45, 2.75) is 91.9 Å². The molecule has 4 aliphatic rings. The molecular weight excluding hydrogens is 304 g/mol. The minimum absolute atomic E-state index is 0.339. The van der Waals surface area contributed by atoms with Crippen molar-refractivity contribution in [2.24, 2.45) is 40.4 Å². The lowest BCUT2D eigenvalue weighted by Gasteiger charge is -2.58. The number of carbonyl (C=O) groups excluding carboxylic acids is 1. The quantitative estimate of drug-likeness (QED) is 0.567. The van der Waals surface area contributed by atoms with Gasteiger partial charge in [0.2, 0.25) is 0 Å². The molecule has 7 atom stereocenters. The van der Waals surface area contributed by atoms with E-state index in [9.17, 15) is 4.79 Å². The zero-order valence-corrected chi connectivity index (χ0v) is 16.9. The van der Waals surface area contributed by atoms with Crippen LogP contribution in [0.25, 0.3) is 0 Å². The maximum Gasteiger partial charge on any atom is 0.155 e. The monoisotopic (exact) mass is 342 g/mol. The molecule has 0 amide bonds. The van der Waals surface area contributed by atoms with E-state index in [1.165, 1.54) is 56.9 Å². The second kappa shape index (κ2) is 6.24. The molecule has 0 heterocycles. The van der Waals surface area contributed by atoms with Crippen LogP contribution < -0.4 is 0 Å². The standard InChI is InChI=1S/C24H38O/c1-5-6-16(2)20-9-10-21-19-8-7-17-15-18(25)11-13-23(17,3)22(19)12-14-24(20,21)4/h15-16,19-22H,5-14H2,1-4H3/t16?,19?,20-,21?,22?,23+,24-/m1/s1. The van der Waals surface area contributed by atoms with E-state index < -0.39 is 0 Å². The van der Waals surface area contributed by atoms with Gasteiger partial charge in [0, 0.05) is 6.42 Å². The van der Waals surface area contributed by atoms with Gasteiger partial charge in [-0.1, -0.05) is 46.1 Å². The predicted molar refractivity (Wildman–Crippen MR) is 104 cm³/mol. The van der Waals surface area contributed by atoms with Crippen LogP contribution >= 0.6 is 0 Å². The summed E-state index contributed by atoms with van der Waals surface area (Å²) in [5.74, 6) is 4.97. The molecule has 3 fully saturated rings. The summed E-state index contributed by atoms with van der Waals surface area (Å²) in [6.07, 6.45) is 15.1. The van der Waals surface area contributed by atoms with E-state index in [0.29, 0.717) is 16.6 Å². The van der Waals surface area contributed by atoms with Crippen LogP contribution in [0.1, 0.15) is 91.9 Å². The van der Waals surface area contributed by atoms with Crippen molar-refractivity contribution < 1.29 is 4.79 Å². The minimum atomic E-state index is 0.339. The molecule has 1 nitrogen and oxygen atoms in total. The molecule has 25 heavy (non-hydrogen) atoms. The summed E-state index contributed by atoms with van der Waals surface area (Å²) in [6.45, 7) is 10.1. The van der Waals surface area contributed by atoms with Crippen molar-refractivity contribution in [1.82, 2.24) is 0 Å². The fraction of sp³-hybridized carbons (Fsp3) is 0.875. The summed E-state index contributed by atoms with van der Waals surface area (Å²) in [5.41, 5.74) is 2.45. The van der Waals surface area contributed by atoms with Crippen LogP contribution in [-0.2, 0) is 4.79 Å². The van der Waals surface area contributed by atoms with Gasteiger partial charge in [-0.3, -0.25) is 4.79 Å². The Labute approximate surface area is 155 Å². The van der Waals surface area contributed by atoms with Gasteiger partial charge < -0.3 is 0 Å². The maximum absolute atomic E-state index is 12.0. The number of hydrogen-bond acceptors (Lipinski definition) is 1. The molecule has 1 heteroatoms. The molecule has 140 valence electrons. The molecule has 0 N–H and O–H groups in total. The smallest absolute Gasteiger partial charge is 0.155 e. The third-order valence-corrected chi connectivity index (χ3v) is 9.47. The Morgan fingerprint density at radius 2 is 1.88 bits per heavy atom. The molecule has 0 aromatic rings. The summed E-state index contributed by atoms with van der Waals surface area (Å²) in [7, 11) is 0. The van der Waals surface area contributed by atoms with Crippen molar-refractivity contribution >= 4 is 5.78 Å². The first-order valence-electron chi connectivity index (χ1n) is 11.1. The highest BCUT2D eigenvalue weighted by Gasteiger charge is 2.59. The second-order valence-electron chi connectivity index (χ2n) is 10.5. The van der Waals surface area contributed by atoms with Gasteiger partial charge in [-0.25, -0.2) is 0 Å². The van der Waals surface area contributed by atoms with Crippen molar-refractivity contribution in [1.29, 1.82) is 0 Å². The van der Waals surface area contributed by atoms with Gasteiger partial charge in [0.15, 0.2) is 5.78 Å². The summed E-state index contributed by atoms with van der Waals surface area (Å²) in [5, 5.41) is 0. The summed E-state index contributed by atoms with van der Waals surface area (Å²) >= 11 is 0. The van der Waals surface area contributed by atoms with Gasteiger partial charge in [-0.05, 0) is 91.4 Å². The van der Waals surface area contributed by atoms with Crippen LogP contribution in [0.3, 0.4) is 0 Å². The molecule has 0 aromatic heterocycles. The Morgan fingerprint density at radius 3 is 2.64 bits per heavy atom. The van der Waals surface area contributed by atoms with Crippen LogP contribution in [0.4, 0.5) is 0 Å². The van der Waals surface area contributed by atoms with E-state index in [4.69, 9.17) is 0 Å². The van der Waals surface area contributed by atoms with Crippen LogP contribution in [-0.4, -0.2) is 5.78 Å². The molecule has 0 radical (unpaired) electrons. The van der Waals surface area contributed by atoms with Crippen LogP contribution in [0.2, 0.25) is 0 Å². The van der Waals surface area contributed by atoms with Crippen molar-refractivity contribution in [3.8, 4) is 0 Å². The third kappa shape index (κ3) is 2.59. The Balaban J connectivity index is 1.60. The lowest BCUT2D eigenvalue weighted by atomic mass is 9.46. The fourth-order valence-corrected chi connectivity index (χ4v) is 8.19. The summed E-state index contributed by atoms with van der Waals surface area (Å²) in [6, 6.07) is 0. The predicted octanol–water partition coefficient (Wildman–Crippen LogP) is 6.57. The normalized spacial score (nSPS) is 47.5. The molecule has 0 saturated heterocycles. The molecule has 4 unspecified atom stereocenters. The number of hydrogen-bond donors (Lipinski definition) is 0. The molecular formula is C24H38O. The number of fused-ring (bicyclic) bond motifs is 5. The van der Waals surface area contributed by atoms with E-state index in [1.54, 1.807) is 0 Å². The second-order valence-corrected chi connectivity index (χ2v) is 10.5. The number of ketones is 1. The van der Waals surface area contributed by atoms with Gasteiger partial charge in [0.05, 0.1) is 0 Å². The molecule has 0 bridgehead atoms. The van der Waals surface area contributed by atoms with Gasteiger partial charge in [-0.2, -0.15) is 0 Å². The van der Waals surface area contributed by atoms with Crippen molar-refractivity contribution in [3.63, 3.8) is 0 Å². The Hall–Kier alpha value is -0.590. The van der Waals surface area contributed by atoms with Gasteiger partial charge in [0.1, 0.15) is 0 Å². The van der Waals surface area contributed by atoms with Crippen LogP contribution in [0.5, 0.6) is 0 Å². The zero-order chi connectivity index (χ0) is 17.8. The highest BCUT2D eigenvalue weighted by atomic mass is 16.1. The van der Waals surface area contributed by atoms with Crippen LogP contribution in [0, 0.1) is 40.4 Å². The number of rotatable bonds is 3. The lowest BCUT2D eigenvalue weighted by molar-refractivity contribution is -0.117. The molecule has 0 aliphatic heterocycles. The number of carbonyl (C=O) groups is 1. The minimum Gasteiger partial charge on any atom is -0.295 e. The highest BCUT2D eigenvalue weighted by Crippen LogP contribution is 2.67. The molecule has 0 aromatic carbocycles. The topological polar surface area (TPSA) is 17.1 Å². The molecule has 3 saturated carbocycles. The van der Waals surface area contributed by atoms with E-state index in [1.807, 2.05) is 6.08 Å². The van der Waals surface area contributed by atoms with Gasteiger partial charge in [-0.15, -0.1) is 0 Å². The lowest BCUT2D eigenvalue weighted by Crippen LogP contribution is -2.50. The Bertz CT molecular complexity index is 575. The first-order valence-corrected chi connectivity index (χ1v) is 11.1.